The number of carbonyl (C=O) groups is 1. The van der Waals surface area contributed by atoms with E-state index in [4.69, 9.17) is 15.1 Å². The van der Waals surface area contributed by atoms with Gasteiger partial charge in [0, 0.05) is 49.7 Å². The van der Waals surface area contributed by atoms with Gasteiger partial charge in [0.25, 0.3) is 0 Å². The van der Waals surface area contributed by atoms with Gasteiger partial charge >= 0.3 is 0 Å². The Kier molecular flexibility index (Phi) is 8.63. The zero-order valence-corrected chi connectivity index (χ0v) is 24.4. The third-order valence-corrected chi connectivity index (χ3v) is 6.02. The van der Waals surface area contributed by atoms with Crippen LogP contribution in [0.2, 0.25) is 0 Å². The molecule has 3 aromatic carbocycles. The summed E-state index contributed by atoms with van der Waals surface area (Å²) in [4.78, 5) is 19.5. The minimum Gasteiger partial charge on any atom is -0.512 e. The molecule has 0 aliphatic rings. The van der Waals surface area contributed by atoms with Crippen molar-refractivity contribution in [2.24, 2.45) is 0 Å². The predicted molar refractivity (Wildman–Crippen MR) is 149 cm³/mol. The molecule has 1 radical (unpaired) electrons. The number of ketones is 1. The van der Waals surface area contributed by atoms with Crippen LogP contribution in [0.15, 0.2) is 78.8 Å². The van der Waals surface area contributed by atoms with Crippen molar-refractivity contribution in [3.8, 4) is 11.3 Å². The van der Waals surface area contributed by atoms with E-state index in [2.05, 4.69) is 88.4 Å². The predicted octanol–water partition coefficient (Wildman–Crippen LogP) is 8.04. The Hall–Kier alpha value is -3.40. The standard InChI is InChI=1S/C27H23N2.C5H8O2.Ir/c1-17-9-10-25-22(13-17)21-11-12-28-26(23(21)16-29-25)19-14-18-7-5-6-8-20(18)24(15-19)27(2,3)4;1-4(6)3-5(2)7;/h5-13,15-16H,1-4H3;3,6H,1-2H3;/q-1;;/b;4-3-;. The summed E-state index contributed by atoms with van der Waals surface area (Å²) in [5.74, 6) is -0.0625. The summed E-state index contributed by atoms with van der Waals surface area (Å²) in [6.07, 6.45) is 5.02. The molecule has 5 rings (SSSR count). The van der Waals surface area contributed by atoms with E-state index in [9.17, 15) is 4.79 Å². The number of nitrogens with zero attached hydrogens (tertiary/aromatic N) is 2. The molecule has 0 unspecified atom stereocenters. The number of rotatable bonds is 2. The number of hydrogen-bond donors (Lipinski definition) is 1. The third-order valence-electron chi connectivity index (χ3n) is 6.02. The number of aliphatic hydroxyl groups is 1. The SMILES string of the molecule is CC(=O)/C=C(/C)O.Cc1ccc2ncc3c(-c4[c-]c5ccccc5c(C(C)(C)C)c4)nccc3c2c1.[Ir]. The first-order valence-corrected chi connectivity index (χ1v) is 12.0. The Morgan fingerprint density at radius 1 is 0.919 bits per heavy atom. The van der Waals surface area contributed by atoms with Crippen molar-refractivity contribution in [1.82, 2.24) is 9.97 Å². The molecule has 2 aromatic heterocycles. The van der Waals surface area contributed by atoms with Crippen molar-refractivity contribution in [2.45, 2.75) is 47.0 Å². The number of carbonyl (C=O) groups excluding carboxylic acids is 1. The van der Waals surface area contributed by atoms with Gasteiger partial charge in [-0.2, -0.15) is 0 Å². The van der Waals surface area contributed by atoms with Crippen molar-refractivity contribution in [1.29, 1.82) is 0 Å². The first kappa shape index (κ1) is 28.2. The maximum atomic E-state index is 10.0. The molecule has 0 aliphatic carbocycles. The summed E-state index contributed by atoms with van der Waals surface area (Å²) >= 11 is 0. The van der Waals surface area contributed by atoms with Gasteiger partial charge in [-0.15, -0.1) is 29.1 Å². The molecule has 191 valence electrons. The molecule has 5 aromatic rings. The first-order chi connectivity index (χ1) is 17.0. The van der Waals surface area contributed by atoms with E-state index < -0.39 is 0 Å². The third kappa shape index (κ3) is 6.30. The molecule has 0 amide bonds. The molecular weight excluding hydrogens is 637 g/mol. The number of benzene rings is 3. The zero-order chi connectivity index (χ0) is 26.0. The second-order valence-electron chi connectivity index (χ2n) is 10.2. The summed E-state index contributed by atoms with van der Waals surface area (Å²) in [7, 11) is 0. The maximum absolute atomic E-state index is 10.0. The fraction of sp³-hybridized carbons (Fsp3) is 0.219. The molecule has 5 heteroatoms. The second-order valence-corrected chi connectivity index (χ2v) is 10.2. The summed E-state index contributed by atoms with van der Waals surface area (Å²) in [5, 5.41) is 14.2. The Bertz CT molecular complexity index is 1630. The van der Waals surface area contributed by atoms with E-state index in [0.717, 1.165) is 27.5 Å². The molecule has 1 N–H and O–H groups in total. The summed E-state index contributed by atoms with van der Waals surface area (Å²) < 4.78 is 0. The van der Waals surface area contributed by atoms with E-state index in [-0.39, 0.29) is 37.1 Å². The fourth-order valence-electron chi connectivity index (χ4n) is 4.44. The Labute approximate surface area is 231 Å². The monoisotopic (exact) mass is 668 g/mol. The number of aromatic nitrogens is 2. The van der Waals surface area contributed by atoms with Crippen LogP contribution in [-0.4, -0.2) is 20.9 Å². The van der Waals surface area contributed by atoms with Gasteiger partial charge in [-0.3, -0.25) is 14.8 Å². The summed E-state index contributed by atoms with van der Waals surface area (Å²) in [5.41, 5.74) is 5.54. The van der Waals surface area contributed by atoms with E-state index in [1.54, 1.807) is 0 Å². The molecule has 0 spiro atoms. The van der Waals surface area contributed by atoms with Gasteiger partial charge in [-0.05, 0) is 55.2 Å². The van der Waals surface area contributed by atoms with Crippen molar-refractivity contribution >= 4 is 38.2 Å². The van der Waals surface area contributed by atoms with Crippen molar-refractivity contribution in [3.63, 3.8) is 0 Å². The number of aryl methyl sites for hydroxylation is 1. The van der Waals surface area contributed by atoms with Gasteiger partial charge in [0.1, 0.15) is 0 Å². The molecule has 0 aliphatic heterocycles. The fourth-order valence-corrected chi connectivity index (χ4v) is 4.44. The van der Waals surface area contributed by atoms with Crippen LogP contribution in [-0.2, 0) is 30.3 Å². The van der Waals surface area contributed by atoms with Crippen LogP contribution in [0.3, 0.4) is 0 Å². The van der Waals surface area contributed by atoms with Gasteiger partial charge in [-0.25, -0.2) is 0 Å². The van der Waals surface area contributed by atoms with Crippen LogP contribution in [0.25, 0.3) is 43.7 Å². The van der Waals surface area contributed by atoms with Crippen LogP contribution in [0.1, 0.15) is 45.7 Å². The molecule has 0 bridgehead atoms. The van der Waals surface area contributed by atoms with Crippen LogP contribution in [0.4, 0.5) is 0 Å². The molecule has 4 nitrogen and oxygen atoms in total. The van der Waals surface area contributed by atoms with Crippen LogP contribution in [0, 0.1) is 13.0 Å². The smallest absolute Gasteiger partial charge is 0.155 e. The van der Waals surface area contributed by atoms with Gasteiger partial charge < -0.3 is 5.11 Å². The number of allylic oxidation sites excluding steroid dienone is 2. The van der Waals surface area contributed by atoms with Gasteiger partial charge in [0.2, 0.25) is 0 Å². The summed E-state index contributed by atoms with van der Waals surface area (Å²) in [6.45, 7) is 11.7. The van der Waals surface area contributed by atoms with E-state index >= 15 is 0 Å². The van der Waals surface area contributed by atoms with E-state index in [0.29, 0.717) is 0 Å². The van der Waals surface area contributed by atoms with Crippen LogP contribution < -0.4 is 0 Å². The molecule has 0 fully saturated rings. The topological polar surface area (TPSA) is 63.1 Å². The van der Waals surface area contributed by atoms with Crippen molar-refractivity contribution < 1.29 is 30.0 Å². The zero-order valence-electron chi connectivity index (χ0n) is 22.0. The average Bonchev–Trinajstić information content (AvgIpc) is 2.81. The Morgan fingerprint density at radius 3 is 2.30 bits per heavy atom. The van der Waals surface area contributed by atoms with Crippen LogP contribution in [0.5, 0.6) is 0 Å². The van der Waals surface area contributed by atoms with E-state index in [1.165, 1.54) is 47.2 Å². The van der Waals surface area contributed by atoms with Gasteiger partial charge in [-0.1, -0.05) is 61.5 Å². The van der Waals surface area contributed by atoms with Crippen molar-refractivity contribution in [2.75, 3.05) is 0 Å². The number of pyridine rings is 2. The van der Waals surface area contributed by atoms with Crippen molar-refractivity contribution in [3.05, 3.63) is 96.0 Å². The minimum absolute atomic E-state index is 0. The largest absolute Gasteiger partial charge is 0.512 e. The Morgan fingerprint density at radius 2 is 1.65 bits per heavy atom. The second kappa shape index (κ2) is 11.3. The van der Waals surface area contributed by atoms with Crippen LogP contribution >= 0.6 is 0 Å². The van der Waals surface area contributed by atoms with E-state index in [1.807, 2.05) is 12.4 Å². The molecule has 2 heterocycles. The number of hydrogen-bond acceptors (Lipinski definition) is 4. The Balaban J connectivity index is 0.000000422. The normalized spacial score (nSPS) is 11.7. The quantitative estimate of drug-likeness (QED) is 0.0896. The summed E-state index contributed by atoms with van der Waals surface area (Å²) in [6, 6.07) is 22.9. The van der Waals surface area contributed by atoms with Gasteiger partial charge in [0.15, 0.2) is 5.78 Å². The molecule has 0 saturated carbocycles. The average molecular weight is 668 g/mol. The molecule has 0 saturated heterocycles. The number of fused-ring (bicyclic) bond motifs is 4. The molecule has 0 atom stereocenters. The van der Waals surface area contributed by atoms with Gasteiger partial charge in [0.05, 0.1) is 11.3 Å². The first-order valence-electron chi connectivity index (χ1n) is 12.0. The molecule has 37 heavy (non-hydrogen) atoms. The minimum atomic E-state index is -0.125. The maximum Gasteiger partial charge on any atom is 0.155 e. The number of aliphatic hydroxyl groups excluding tert-OH is 1. The molecular formula is C32H31IrN2O2-.